The van der Waals surface area contributed by atoms with Crippen LogP contribution in [0.25, 0.3) is 0 Å². The highest BCUT2D eigenvalue weighted by Gasteiger charge is 2.11. The number of thiazole rings is 1. The number of carboxylic acids is 1. The molecule has 2 aromatic heterocycles. The Labute approximate surface area is 117 Å². The lowest BCUT2D eigenvalue weighted by Gasteiger charge is -2.00. The second kappa shape index (κ2) is 5.77. The van der Waals surface area contributed by atoms with Crippen LogP contribution in [-0.2, 0) is 11.2 Å². The van der Waals surface area contributed by atoms with Gasteiger partial charge in [0.15, 0.2) is 5.13 Å². The van der Waals surface area contributed by atoms with Crippen molar-refractivity contribution >= 4 is 39.9 Å². The Bertz CT molecular complexity index is 629. The normalized spacial score (nSPS) is 10.2. The highest BCUT2D eigenvalue weighted by Crippen LogP contribution is 2.17. The van der Waals surface area contributed by atoms with Gasteiger partial charge in [-0.15, -0.1) is 11.3 Å². The summed E-state index contributed by atoms with van der Waals surface area (Å²) in [6, 6.07) is 3.00. The minimum Gasteiger partial charge on any atom is -0.481 e. The van der Waals surface area contributed by atoms with Crippen molar-refractivity contribution in [1.29, 1.82) is 0 Å². The molecule has 2 heterocycles. The van der Waals surface area contributed by atoms with Crippen LogP contribution in [0.15, 0.2) is 23.7 Å². The first-order chi connectivity index (χ1) is 9.04. The van der Waals surface area contributed by atoms with E-state index in [-0.39, 0.29) is 12.1 Å². The zero-order valence-electron chi connectivity index (χ0n) is 9.46. The lowest BCUT2D eigenvalue weighted by atomic mass is 10.3. The molecule has 0 saturated heterocycles. The molecule has 0 aliphatic carbocycles. The molecule has 0 unspecified atom stereocenters. The summed E-state index contributed by atoms with van der Waals surface area (Å²) in [6.07, 6.45) is 1.25. The summed E-state index contributed by atoms with van der Waals surface area (Å²) in [5.41, 5.74) is 0.564. The van der Waals surface area contributed by atoms with Crippen LogP contribution >= 0.6 is 22.9 Å². The molecular formula is C11H8ClN3O3S. The number of carboxylic acid groups (broad SMARTS) is 1. The largest absolute Gasteiger partial charge is 0.481 e. The first-order valence-electron chi connectivity index (χ1n) is 5.13. The third-order valence-electron chi connectivity index (χ3n) is 2.06. The predicted octanol–water partition coefficient (Wildman–Crippen LogP) is 2.07. The average Bonchev–Trinajstić information content (AvgIpc) is 2.75. The van der Waals surface area contributed by atoms with Gasteiger partial charge in [-0.2, -0.15) is 0 Å². The standard InChI is InChI=1S/C11H8ClN3O3S/c12-6-1-2-13-8(3-6)10(18)15-11-14-7(5-19-11)4-9(16)17/h1-3,5H,4H2,(H,16,17)(H,14,15,18). The summed E-state index contributed by atoms with van der Waals surface area (Å²) in [5, 5.41) is 13.5. The molecule has 0 aromatic carbocycles. The fourth-order valence-electron chi connectivity index (χ4n) is 1.29. The van der Waals surface area contributed by atoms with Gasteiger partial charge in [0.2, 0.25) is 0 Å². The maximum Gasteiger partial charge on any atom is 0.309 e. The van der Waals surface area contributed by atoms with E-state index in [0.717, 1.165) is 11.3 Å². The molecule has 1 amide bonds. The molecule has 0 spiro atoms. The molecule has 0 bridgehead atoms. The van der Waals surface area contributed by atoms with Crippen molar-refractivity contribution in [2.24, 2.45) is 0 Å². The number of amides is 1. The maximum absolute atomic E-state index is 11.8. The number of hydrogen-bond acceptors (Lipinski definition) is 5. The number of aliphatic carboxylic acids is 1. The number of pyridine rings is 1. The summed E-state index contributed by atoms with van der Waals surface area (Å²) in [5.74, 6) is -1.42. The molecule has 2 aromatic rings. The smallest absolute Gasteiger partial charge is 0.309 e. The second-order valence-electron chi connectivity index (χ2n) is 3.53. The monoisotopic (exact) mass is 297 g/mol. The molecule has 8 heteroatoms. The van der Waals surface area contributed by atoms with Crippen LogP contribution in [0, 0.1) is 0 Å². The Morgan fingerprint density at radius 3 is 2.95 bits per heavy atom. The van der Waals surface area contributed by atoms with E-state index >= 15 is 0 Å². The first kappa shape index (κ1) is 13.4. The van der Waals surface area contributed by atoms with Crippen LogP contribution in [0.4, 0.5) is 5.13 Å². The Balaban J connectivity index is 2.06. The van der Waals surface area contributed by atoms with Crippen LogP contribution in [-0.4, -0.2) is 27.0 Å². The number of nitrogens with one attached hydrogen (secondary N) is 1. The SMILES string of the molecule is O=C(O)Cc1csc(NC(=O)c2cc(Cl)ccn2)n1. The number of carbonyl (C=O) groups is 2. The first-order valence-corrected chi connectivity index (χ1v) is 6.39. The van der Waals surface area contributed by atoms with Gasteiger partial charge in [-0.05, 0) is 12.1 Å². The van der Waals surface area contributed by atoms with Crippen molar-refractivity contribution in [3.05, 3.63) is 40.1 Å². The molecule has 19 heavy (non-hydrogen) atoms. The fourth-order valence-corrected chi connectivity index (χ4v) is 2.16. The second-order valence-corrected chi connectivity index (χ2v) is 4.82. The van der Waals surface area contributed by atoms with Crippen molar-refractivity contribution in [3.8, 4) is 0 Å². The summed E-state index contributed by atoms with van der Waals surface area (Å²) in [4.78, 5) is 30.2. The molecule has 6 nitrogen and oxygen atoms in total. The topological polar surface area (TPSA) is 92.2 Å². The maximum atomic E-state index is 11.8. The van der Waals surface area contributed by atoms with Gasteiger partial charge in [-0.3, -0.25) is 19.9 Å². The van der Waals surface area contributed by atoms with E-state index in [2.05, 4.69) is 15.3 Å². The zero-order chi connectivity index (χ0) is 13.8. The van der Waals surface area contributed by atoms with Gasteiger partial charge in [0.1, 0.15) is 5.69 Å². The number of nitrogens with zero attached hydrogens (tertiary/aromatic N) is 2. The minimum absolute atomic E-state index is 0.169. The van der Waals surface area contributed by atoms with E-state index < -0.39 is 11.9 Å². The molecule has 98 valence electrons. The molecule has 0 fully saturated rings. The van der Waals surface area contributed by atoms with Crippen LogP contribution < -0.4 is 5.32 Å². The number of aromatic nitrogens is 2. The van der Waals surface area contributed by atoms with Crippen LogP contribution in [0.3, 0.4) is 0 Å². The zero-order valence-corrected chi connectivity index (χ0v) is 11.0. The number of halogens is 1. The van der Waals surface area contributed by atoms with Crippen molar-refractivity contribution in [3.63, 3.8) is 0 Å². The van der Waals surface area contributed by atoms with Crippen molar-refractivity contribution in [2.75, 3.05) is 5.32 Å². The van der Waals surface area contributed by atoms with E-state index in [0.29, 0.717) is 15.8 Å². The van der Waals surface area contributed by atoms with E-state index in [9.17, 15) is 9.59 Å². The van der Waals surface area contributed by atoms with Gasteiger partial charge < -0.3 is 5.11 Å². The van der Waals surface area contributed by atoms with Crippen molar-refractivity contribution < 1.29 is 14.7 Å². The molecule has 0 atom stereocenters. The molecule has 0 saturated carbocycles. The van der Waals surface area contributed by atoms with Crippen LogP contribution in [0.1, 0.15) is 16.2 Å². The molecule has 0 aliphatic rings. The average molecular weight is 298 g/mol. The van der Waals surface area contributed by atoms with E-state index in [1.54, 1.807) is 11.4 Å². The lowest BCUT2D eigenvalue weighted by molar-refractivity contribution is -0.136. The Kier molecular flexibility index (Phi) is 4.08. The number of hydrogen-bond donors (Lipinski definition) is 2. The van der Waals surface area contributed by atoms with E-state index in [1.165, 1.54) is 12.3 Å². The quantitative estimate of drug-likeness (QED) is 0.901. The van der Waals surface area contributed by atoms with Crippen LogP contribution in [0.5, 0.6) is 0 Å². The Hall–Kier alpha value is -1.99. The fraction of sp³-hybridized carbons (Fsp3) is 0.0909. The predicted molar refractivity (Wildman–Crippen MR) is 70.7 cm³/mol. The van der Waals surface area contributed by atoms with Crippen molar-refractivity contribution in [2.45, 2.75) is 6.42 Å². The van der Waals surface area contributed by atoms with E-state index in [1.807, 2.05) is 0 Å². The van der Waals surface area contributed by atoms with Gasteiger partial charge >= 0.3 is 5.97 Å². The van der Waals surface area contributed by atoms with Gasteiger partial charge in [-0.25, -0.2) is 4.98 Å². The minimum atomic E-state index is -0.973. The summed E-state index contributed by atoms with van der Waals surface area (Å²) < 4.78 is 0. The number of carbonyl (C=O) groups excluding carboxylic acids is 1. The Morgan fingerprint density at radius 1 is 1.47 bits per heavy atom. The van der Waals surface area contributed by atoms with Crippen molar-refractivity contribution in [1.82, 2.24) is 9.97 Å². The molecule has 0 aliphatic heterocycles. The third-order valence-corrected chi connectivity index (χ3v) is 3.10. The number of anilines is 1. The number of rotatable bonds is 4. The summed E-state index contributed by atoms with van der Waals surface area (Å²) in [7, 11) is 0. The van der Waals surface area contributed by atoms with Gasteiger partial charge in [0.05, 0.1) is 12.1 Å². The van der Waals surface area contributed by atoms with E-state index in [4.69, 9.17) is 16.7 Å². The van der Waals surface area contributed by atoms with Gasteiger partial charge in [0, 0.05) is 16.6 Å². The molecule has 0 radical (unpaired) electrons. The Morgan fingerprint density at radius 2 is 2.26 bits per heavy atom. The molecule has 2 N–H and O–H groups in total. The summed E-state index contributed by atoms with van der Waals surface area (Å²) in [6.45, 7) is 0. The van der Waals surface area contributed by atoms with Gasteiger partial charge in [0.25, 0.3) is 5.91 Å². The lowest BCUT2D eigenvalue weighted by Crippen LogP contribution is -2.13. The molecular weight excluding hydrogens is 290 g/mol. The third kappa shape index (κ3) is 3.73. The highest BCUT2D eigenvalue weighted by atomic mass is 35.5. The van der Waals surface area contributed by atoms with Crippen LogP contribution in [0.2, 0.25) is 5.02 Å². The summed E-state index contributed by atoms with van der Waals surface area (Å²) >= 11 is 6.91. The van der Waals surface area contributed by atoms with Gasteiger partial charge in [-0.1, -0.05) is 11.6 Å². The highest BCUT2D eigenvalue weighted by molar-refractivity contribution is 7.14. The molecule has 2 rings (SSSR count).